The Morgan fingerprint density at radius 3 is 2.65 bits per heavy atom. The highest BCUT2D eigenvalue weighted by molar-refractivity contribution is 5.92. The van der Waals surface area contributed by atoms with Crippen LogP contribution in [-0.2, 0) is 0 Å². The van der Waals surface area contributed by atoms with Crippen LogP contribution >= 0.6 is 0 Å². The van der Waals surface area contributed by atoms with Gasteiger partial charge in [0.2, 0.25) is 0 Å². The third-order valence-corrected chi connectivity index (χ3v) is 4.65. The molecule has 120 valence electrons. The van der Waals surface area contributed by atoms with Gasteiger partial charge in [-0.3, -0.25) is 9.89 Å². The first kappa shape index (κ1) is 14.2. The number of aromatic nitrogens is 4. The van der Waals surface area contributed by atoms with E-state index in [4.69, 9.17) is 0 Å². The van der Waals surface area contributed by atoms with Crippen LogP contribution in [0.3, 0.4) is 0 Å². The first-order valence-corrected chi connectivity index (χ1v) is 7.99. The molecule has 2 aromatic heterocycles. The highest BCUT2D eigenvalue weighted by atomic mass is 16.2. The standard InChI is InChI=1S/C16H20N6O/c1-10-7-14(19-17-10)16(23)21(2)12-8-22(9-12)15-6-5-13(18-20-15)11-3-4-11/h5-7,11-12H,3-4,8-9H2,1-2H3,(H,17,19). The highest BCUT2D eigenvalue weighted by Gasteiger charge is 2.34. The minimum atomic E-state index is -0.0471. The molecule has 2 fully saturated rings. The zero-order valence-corrected chi connectivity index (χ0v) is 13.4. The number of nitrogens with one attached hydrogen (secondary N) is 1. The van der Waals surface area contributed by atoms with Crippen LogP contribution in [0.4, 0.5) is 5.82 Å². The molecule has 0 atom stereocenters. The Morgan fingerprint density at radius 2 is 2.09 bits per heavy atom. The molecular formula is C16H20N6O. The molecular weight excluding hydrogens is 292 g/mol. The predicted molar refractivity (Wildman–Crippen MR) is 85.4 cm³/mol. The molecule has 23 heavy (non-hydrogen) atoms. The molecule has 1 N–H and O–H groups in total. The van der Waals surface area contributed by atoms with Gasteiger partial charge >= 0.3 is 0 Å². The van der Waals surface area contributed by atoms with Gasteiger partial charge in [-0.15, -0.1) is 5.10 Å². The number of hydrogen-bond acceptors (Lipinski definition) is 5. The Morgan fingerprint density at radius 1 is 1.30 bits per heavy atom. The zero-order chi connectivity index (χ0) is 16.0. The minimum absolute atomic E-state index is 0.0471. The number of likely N-dealkylation sites (N-methyl/N-ethyl adjacent to an activating group) is 1. The molecule has 7 heteroatoms. The van der Waals surface area contributed by atoms with Crippen molar-refractivity contribution >= 4 is 11.7 Å². The number of aryl methyl sites for hydroxylation is 1. The lowest BCUT2D eigenvalue weighted by atomic mass is 10.1. The average molecular weight is 312 g/mol. The molecule has 3 heterocycles. The summed E-state index contributed by atoms with van der Waals surface area (Å²) in [6.07, 6.45) is 2.47. The van der Waals surface area contributed by atoms with Crippen LogP contribution in [0.25, 0.3) is 0 Å². The molecule has 0 unspecified atom stereocenters. The molecule has 0 aromatic carbocycles. The second-order valence-electron chi connectivity index (χ2n) is 6.50. The first-order valence-electron chi connectivity index (χ1n) is 7.99. The Balaban J connectivity index is 1.35. The normalized spacial score (nSPS) is 17.9. The van der Waals surface area contributed by atoms with Crippen LogP contribution in [0.15, 0.2) is 18.2 Å². The lowest BCUT2D eigenvalue weighted by Crippen LogP contribution is -2.60. The van der Waals surface area contributed by atoms with Crippen LogP contribution < -0.4 is 4.90 Å². The Bertz CT molecular complexity index is 714. The van der Waals surface area contributed by atoms with Crippen molar-refractivity contribution in [3.63, 3.8) is 0 Å². The molecule has 0 spiro atoms. The van der Waals surface area contributed by atoms with Gasteiger partial charge in [-0.25, -0.2) is 0 Å². The highest BCUT2D eigenvalue weighted by Crippen LogP contribution is 2.38. The van der Waals surface area contributed by atoms with Gasteiger partial charge in [-0.05, 0) is 38.0 Å². The summed E-state index contributed by atoms with van der Waals surface area (Å²) in [5.41, 5.74) is 2.46. The molecule has 1 aliphatic carbocycles. The van der Waals surface area contributed by atoms with Crippen LogP contribution in [-0.4, -0.2) is 57.4 Å². The summed E-state index contributed by atoms with van der Waals surface area (Å²) in [5, 5.41) is 15.5. The summed E-state index contributed by atoms with van der Waals surface area (Å²) in [4.78, 5) is 16.3. The van der Waals surface area contributed by atoms with Gasteiger partial charge < -0.3 is 9.80 Å². The quantitative estimate of drug-likeness (QED) is 0.922. The Kier molecular flexibility index (Phi) is 3.28. The van der Waals surface area contributed by atoms with Crippen LogP contribution in [0.5, 0.6) is 0 Å². The van der Waals surface area contributed by atoms with Crippen molar-refractivity contribution in [1.82, 2.24) is 25.3 Å². The number of rotatable bonds is 4. The maximum Gasteiger partial charge on any atom is 0.274 e. The second kappa shape index (κ2) is 5.33. The SMILES string of the molecule is Cc1cc(C(=O)N(C)C2CN(c3ccc(C4CC4)nn3)C2)n[nH]1. The number of aromatic amines is 1. The van der Waals surface area contributed by atoms with E-state index < -0.39 is 0 Å². The van der Waals surface area contributed by atoms with E-state index in [9.17, 15) is 4.79 Å². The Labute approximate surface area is 134 Å². The first-order chi connectivity index (χ1) is 11.1. The van der Waals surface area contributed by atoms with E-state index in [1.54, 1.807) is 11.0 Å². The molecule has 0 bridgehead atoms. The molecule has 4 rings (SSSR count). The van der Waals surface area contributed by atoms with Crippen molar-refractivity contribution in [2.24, 2.45) is 0 Å². The topological polar surface area (TPSA) is 78.0 Å². The number of carbonyl (C=O) groups is 1. The van der Waals surface area contributed by atoms with Gasteiger partial charge in [0.25, 0.3) is 5.91 Å². The summed E-state index contributed by atoms with van der Waals surface area (Å²) in [6.45, 7) is 3.45. The fourth-order valence-electron chi connectivity index (χ4n) is 2.86. The molecule has 7 nitrogen and oxygen atoms in total. The predicted octanol–water partition coefficient (Wildman–Crippen LogP) is 1.35. The lowest BCUT2D eigenvalue weighted by Gasteiger charge is -2.44. The van der Waals surface area contributed by atoms with Crippen LogP contribution in [0.1, 0.15) is 40.6 Å². The molecule has 1 aliphatic heterocycles. The number of nitrogens with zero attached hydrogens (tertiary/aromatic N) is 5. The molecule has 1 saturated heterocycles. The number of H-pyrrole nitrogens is 1. The maximum absolute atomic E-state index is 12.4. The van der Waals surface area contributed by atoms with E-state index in [-0.39, 0.29) is 11.9 Å². The van der Waals surface area contributed by atoms with E-state index in [0.29, 0.717) is 11.6 Å². The molecule has 2 aromatic rings. The average Bonchev–Trinajstić information content (AvgIpc) is 3.27. The fraction of sp³-hybridized carbons (Fsp3) is 0.500. The van der Waals surface area contributed by atoms with Gasteiger partial charge in [-0.1, -0.05) is 0 Å². The Hall–Kier alpha value is -2.44. The van der Waals surface area contributed by atoms with Crippen molar-refractivity contribution in [2.45, 2.75) is 31.7 Å². The summed E-state index contributed by atoms with van der Waals surface area (Å²) >= 11 is 0. The zero-order valence-electron chi connectivity index (χ0n) is 13.4. The van der Waals surface area contributed by atoms with Gasteiger partial charge in [0, 0.05) is 31.7 Å². The van der Waals surface area contributed by atoms with Crippen LogP contribution in [0.2, 0.25) is 0 Å². The lowest BCUT2D eigenvalue weighted by molar-refractivity contribution is 0.0699. The number of anilines is 1. The summed E-state index contributed by atoms with van der Waals surface area (Å²) < 4.78 is 0. The van der Waals surface area contributed by atoms with E-state index in [2.05, 4.69) is 31.4 Å². The van der Waals surface area contributed by atoms with Gasteiger partial charge in [0.05, 0.1) is 11.7 Å². The smallest absolute Gasteiger partial charge is 0.274 e. The summed E-state index contributed by atoms with van der Waals surface area (Å²) in [7, 11) is 1.83. The fourth-order valence-corrected chi connectivity index (χ4v) is 2.86. The third-order valence-electron chi connectivity index (χ3n) is 4.65. The van der Waals surface area contributed by atoms with Crippen molar-refractivity contribution in [2.75, 3.05) is 25.0 Å². The molecule has 0 radical (unpaired) electrons. The maximum atomic E-state index is 12.4. The van der Waals surface area contributed by atoms with E-state index in [1.165, 1.54) is 12.8 Å². The number of carbonyl (C=O) groups excluding carboxylic acids is 1. The molecule has 2 aliphatic rings. The van der Waals surface area contributed by atoms with E-state index in [1.807, 2.05) is 20.0 Å². The van der Waals surface area contributed by atoms with Crippen molar-refractivity contribution < 1.29 is 4.79 Å². The third kappa shape index (κ3) is 2.67. The monoisotopic (exact) mass is 312 g/mol. The summed E-state index contributed by atoms with van der Waals surface area (Å²) in [6, 6.07) is 6.08. The van der Waals surface area contributed by atoms with E-state index >= 15 is 0 Å². The van der Waals surface area contributed by atoms with Gasteiger partial charge in [0.1, 0.15) is 5.69 Å². The van der Waals surface area contributed by atoms with Crippen molar-refractivity contribution in [3.8, 4) is 0 Å². The minimum Gasteiger partial charge on any atom is -0.351 e. The number of amides is 1. The number of hydrogen-bond donors (Lipinski definition) is 1. The van der Waals surface area contributed by atoms with Crippen LogP contribution in [0, 0.1) is 6.92 Å². The second-order valence-corrected chi connectivity index (χ2v) is 6.50. The van der Waals surface area contributed by atoms with Crippen molar-refractivity contribution in [3.05, 3.63) is 35.3 Å². The van der Waals surface area contributed by atoms with E-state index in [0.717, 1.165) is 30.3 Å². The largest absolute Gasteiger partial charge is 0.351 e. The molecule has 1 amide bonds. The molecule has 1 saturated carbocycles. The van der Waals surface area contributed by atoms with Gasteiger partial charge in [0.15, 0.2) is 5.82 Å². The van der Waals surface area contributed by atoms with Gasteiger partial charge in [-0.2, -0.15) is 10.2 Å². The van der Waals surface area contributed by atoms with Crippen molar-refractivity contribution in [1.29, 1.82) is 0 Å². The summed E-state index contributed by atoms with van der Waals surface area (Å²) in [5.74, 6) is 1.47.